The van der Waals surface area contributed by atoms with Crippen molar-refractivity contribution in [1.29, 1.82) is 0 Å². The predicted molar refractivity (Wildman–Crippen MR) is 118 cm³/mol. The van der Waals surface area contributed by atoms with Gasteiger partial charge in [-0.2, -0.15) is 0 Å². The molecule has 0 unspecified atom stereocenters. The van der Waals surface area contributed by atoms with Crippen LogP contribution in [-0.2, 0) is 6.54 Å². The van der Waals surface area contributed by atoms with Crippen LogP contribution in [0.15, 0.2) is 59.4 Å². The molecule has 0 saturated heterocycles. The minimum Gasteiger partial charge on any atom is -0.292 e. The standard InChI is InChI=1S/C24H20N2OS/c1-15-16(2)28-23-21(15)24(27)26-13-12-20(22(26)25-23)14-17-8-10-19(11-9-17)18-6-4-3-5-7-18/h3-11,14H,12-13H2,1-2H3. The monoisotopic (exact) mass is 384 g/mol. The number of hydrogen-bond donors (Lipinski definition) is 0. The molecule has 0 N–H and O–H groups in total. The summed E-state index contributed by atoms with van der Waals surface area (Å²) < 4.78 is 1.84. The molecule has 138 valence electrons. The molecule has 28 heavy (non-hydrogen) atoms. The first-order valence-electron chi connectivity index (χ1n) is 9.49. The Kier molecular flexibility index (Phi) is 4.02. The third-order valence-corrected chi connectivity index (χ3v) is 6.64. The molecule has 2 aromatic heterocycles. The first-order valence-corrected chi connectivity index (χ1v) is 10.3. The fourth-order valence-electron chi connectivity index (χ4n) is 3.86. The fourth-order valence-corrected chi connectivity index (χ4v) is 4.88. The van der Waals surface area contributed by atoms with Crippen LogP contribution >= 0.6 is 11.3 Å². The smallest absolute Gasteiger partial charge is 0.262 e. The number of nitrogens with zero attached hydrogens (tertiary/aromatic N) is 2. The average molecular weight is 385 g/mol. The van der Waals surface area contributed by atoms with E-state index in [1.54, 1.807) is 11.3 Å². The molecular formula is C24H20N2OS. The Balaban J connectivity index is 1.55. The molecule has 0 spiro atoms. The van der Waals surface area contributed by atoms with Gasteiger partial charge in [-0.15, -0.1) is 11.3 Å². The largest absolute Gasteiger partial charge is 0.292 e. The number of fused-ring (bicyclic) bond motifs is 2. The zero-order valence-electron chi connectivity index (χ0n) is 15.9. The Bertz CT molecular complexity index is 1280. The number of allylic oxidation sites excluding steroid dienone is 1. The molecule has 5 rings (SSSR count). The maximum absolute atomic E-state index is 13.0. The number of rotatable bonds is 2. The molecule has 0 saturated carbocycles. The summed E-state index contributed by atoms with van der Waals surface area (Å²) in [6.45, 7) is 4.78. The normalized spacial score (nSPS) is 14.7. The van der Waals surface area contributed by atoms with E-state index in [9.17, 15) is 4.79 Å². The molecule has 1 aliphatic rings. The highest BCUT2D eigenvalue weighted by Crippen LogP contribution is 2.32. The Labute approximate surface area is 167 Å². The van der Waals surface area contributed by atoms with Gasteiger partial charge in [-0.25, -0.2) is 4.98 Å². The third-order valence-electron chi connectivity index (χ3n) is 5.54. The van der Waals surface area contributed by atoms with Crippen LogP contribution in [0.4, 0.5) is 0 Å². The van der Waals surface area contributed by atoms with Gasteiger partial charge in [-0.3, -0.25) is 9.36 Å². The van der Waals surface area contributed by atoms with Crippen molar-refractivity contribution in [1.82, 2.24) is 9.55 Å². The van der Waals surface area contributed by atoms with Crippen molar-refractivity contribution >= 4 is 33.2 Å². The van der Waals surface area contributed by atoms with Gasteiger partial charge in [-0.05, 0) is 54.2 Å². The van der Waals surface area contributed by atoms with E-state index in [1.165, 1.54) is 16.0 Å². The van der Waals surface area contributed by atoms with Gasteiger partial charge in [0.15, 0.2) is 0 Å². The molecule has 0 amide bonds. The summed E-state index contributed by atoms with van der Waals surface area (Å²) in [6, 6.07) is 18.9. The van der Waals surface area contributed by atoms with Gasteiger partial charge in [0, 0.05) is 11.4 Å². The topological polar surface area (TPSA) is 34.9 Å². The van der Waals surface area contributed by atoms with Crippen LogP contribution in [0, 0.1) is 13.8 Å². The van der Waals surface area contributed by atoms with E-state index >= 15 is 0 Å². The number of hydrogen-bond acceptors (Lipinski definition) is 3. The van der Waals surface area contributed by atoms with E-state index in [-0.39, 0.29) is 5.56 Å². The molecule has 0 aliphatic carbocycles. The van der Waals surface area contributed by atoms with Crippen LogP contribution < -0.4 is 5.56 Å². The lowest BCUT2D eigenvalue weighted by molar-refractivity contribution is 0.726. The number of benzene rings is 2. The SMILES string of the molecule is Cc1sc2nc3n(c(=O)c2c1C)CCC3=Cc1ccc(-c2ccccc2)cc1. The Morgan fingerprint density at radius 3 is 2.46 bits per heavy atom. The quantitative estimate of drug-likeness (QED) is 0.445. The van der Waals surface area contributed by atoms with Crippen molar-refractivity contribution < 1.29 is 0 Å². The van der Waals surface area contributed by atoms with Crippen LogP contribution in [0.2, 0.25) is 0 Å². The summed E-state index contributed by atoms with van der Waals surface area (Å²) >= 11 is 1.62. The van der Waals surface area contributed by atoms with E-state index in [4.69, 9.17) is 4.98 Å². The summed E-state index contributed by atoms with van der Waals surface area (Å²) in [5.74, 6) is 0.825. The van der Waals surface area contributed by atoms with Crippen LogP contribution in [0.25, 0.3) is 33.0 Å². The Morgan fingerprint density at radius 1 is 1.00 bits per heavy atom. The number of thiophene rings is 1. The minimum absolute atomic E-state index is 0.102. The predicted octanol–water partition coefficient (Wildman–Crippen LogP) is 5.69. The van der Waals surface area contributed by atoms with Crippen molar-refractivity contribution in [2.75, 3.05) is 0 Å². The van der Waals surface area contributed by atoms with Gasteiger partial charge in [0.25, 0.3) is 5.56 Å². The van der Waals surface area contributed by atoms with Gasteiger partial charge in [-0.1, -0.05) is 54.6 Å². The third kappa shape index (κ3) is 2.72. The second-order valence-corrected chi connectivity index (χ2v) is 8.47. The highest BCUT2D eigenvalue weighted by Gasteiger charge is 2.23. The van der Waals surface area contributed by atoms with Gasteiger partial charge < -0.3 is 0 Å². The Morgan fingerprint density at radius 2 is 1.71 bits per heavy atom. The molecule has 3 heterocycles. The van der Waals surface area contributed by atoms with E-state index in [1.807, 2.05) is 17.6 Å². The lowest BCUT2D eigenvalue weighted by Crippen LogP contribution is -2.20. The van der Waals surface area contributed by atoms with Crippen molar-refractivity contribution in [3.05, 3.63) is 86.8 Å². The lowest BCUT2D eigenvalue weighted by Gasteiger charge is -2.04. The minimum atomic E-state index is 0.102. The van der Waals surface area contributed by atoms with Gasteiger partial charge in [0.05, 0.1) is 5.39 Å². The summed E-state index contributed by atoms with van der Waals surface area (Å²) in [5.41, 5.74) is 5.86. The summed E-state index contributed by atoms with van der Waals surface area (Å²) in [6.07, 6.45) is 3.01. The maximum Gasteiger partial charge on any atom is 0.262 e. The van der Waals surface area contributed by atoms with Crippen LogP contribution in [0.3, 0.4) is 0 Å². The second-order valence-electron chi connectivity index (χ2n) is 7.26. The maximum atomic E-state index is 13.0. The van der Waals surface area contributed by atoms with E-state index in [0.29, 0.717) is 6.54 Å². The van der Waals surface area contributed by atoms with E-state index in [0.717, 1.165) is 39.2 Å². The van der Waals surface area contributed by atoms with E-state index < -0.39 is 0 Å². The molecule has 4 aromatic rings. The molecule has 2 aromatic carbocycles. The lowest BCUT2D eigenvalue weighted by atomic mass is 10.0. The van der Waals surface area contributed by atoms with Gasteiger partial charge in [0.1, 0.15) is 10.7 Å². The second kappa shape index (κ2) is 6.57. The molecule has 3 nitrogen and oxygen atoms in total. The van der Waals surface area contributed by atoms with E-state index in [2.05, 4.69) is 61.5 Å². The summed E-state index contributed by atoms with van der Waals surface area (Å²) in [5, 5.41) is 0.791. The van der Waals surface area contributed by atoms with Gasteiger partial charge >= 0.3 is 0 Å². The molecule has 0 bridgehead atoms. The van der Waals surface area contributed by atoms with Crippen LogP contribution in [0.1, 0.15) is 28.2 Å². The summed E-state index contributed by atoms with van der Waals surface area (Å²) in [7, 11) is 0. The first-order chi connectivity index (χ1) is 13.6. The van der Waals surface area contributed by atoms with Gasteiger partial charge in [0.2, 0.25) is 0 Å². The fraction of sp³-hybridized carbons (Fsp3) is 0.167. The van der Waals surface area contributed by atoms with Crippen molar-refractivity contribution in [3.63, 3.8) is 0 Å². The molecule has 1 aliphatic heterocycles. The molecular weight excluding hydrogens is 364 g/mol. The zero-order chi connectivity index (χ0) is 19.3. The summed E-state index contributed by atoms with van der Waals surface area (Å²) in [4.78, 5) is 19.8. The molecule has 0 radical (unpaired) electrons. The first kappa shape index (κ1) is 17.1. The highest BCUT2D eigenvalue weighted by molar-refractivity contribution is 7.18. The number of aromatic nitrogens is 2. The molecule has 0 fully saturated rings. The molecule has 0 atom stereocenters. The van der Waals surface area contributed by atoms with Crippen molar-refractivity contribution in [2.24, 2.45) is 0 Å². The number of aryl methyl sites for hydroxylation is 2. The average Bonchev–Trinajstić information content (AvgIpc) is 3.24. The molecule has 4 heteroatoms. The van der Waals surface area contributed by atoms with Crippen molar-refractivity contribution in [2.45, 2.75) is 26.8 Å². The highest BCUT2D eigenvalue weighted by atomic mass is 32.1. The van der Waals surface area contributed by atoms with Crippen LogP contribution in [-0.4, -0.2) is 9.55 Å². The zero-order valence-corrected chi connectivity index (χ0v) is 16.7. The Hall–Kier alpha value is -2.98. The van der Waals surface area contributed by atoms with Crippen LogP contribution in [0.5, 0.6) is 0 Å². The van der Waals surface area contributed by atoms with Crippen molar-refractivity contribution in [3.8, 4) is 11.1 Å².